The maximum atomic E-state index is 12.5. The van der Waals surface area contributed by atoms with E-state index >= 15 is 0 Å². The van der Waals surface area contributed by atoms with Crippen LogP contribution in [-0.4, -0.2) is 29.5 Å². The molecule has 6 nitrogen and oxygen atoms in total. The van der Waals surface area contributed by atoms with E-state index in [0.29, 0.717) is 25.1 Å². The van der Waals surface area contributed by atoms with Gasteiger partial charge in [0.15, 0.2) is 8.32 Å². The number of nitrogens with one attached hydrogen (secondary N) is 1. The fourth-order valence-electron chi connectivity index (χ4n) is 2.98. The Labute approximate surface area is 171 Å². The minimum Gasteiger partial charge on any atom is -0.417 e. The molecule has 0 bridgehead atoms. The van der Waals surface area contributed by atoms with Gasteiger partial charge in [-0.05, 0) is 48.3 Å². The predicted molar refractivity (Wildman–Crippen MR) is 120 cm³/mol. The summed E-state index contributed by atoms with van der Waals surface area (Å²) in [5.41, 5.74) is 2.12. The first-order chi connectivity index (χ1) is 13.6. The highest BCUT2D eigenvalue weighted by Crippen LogP contribution is 2.36. The van der Waals surface area contributed by atoms with Gasteiger partial charge in [-0.2, -0.15) is 0 Å². The molecule has 0 saturated carbocycles. The first kappa shape index (κ1) is 21.2. The van der Waals surface area contributed by atoms with Crippen molar-refractivity contribution in [2.24, 2.45) is 0 Å². The van der Waals surface area contributed by atoms with E-state index in [0.717, 1.165) is 16.6 Å². The summed E-state index contributed by atoms with van der Waals surface area (Å²) in [5.74, 6) is 0. The molecule has 2 aromatic heterocycles. The highest BCUT2D eigenvalue weighted by atomic mass is 28.4. The summed E-state index contributed by atoms with van der Waals surface area (Å²) < 4.78 is 7.76. The van der Waals surface area contributed by atoms with Crippen LogP contribution in [0.15, 0.2) is 52.3 Å². The van der Waals surface area contributed by atoms with Crippen molar-refractivity contribution in [3.8, 4) is 11.1 Å². The highest BCUT2D eigenvalue weighted by molar-refractivity contribution is 6.74. The molecule has 0 aliphatic rings. The molecule has 0 atom stereocenters. The summed E-state index contributed by atoms with van der Waals surface area (Å²) in [6.45, 7) is 12.0. The largest absolute Gasteiger partial charge is 0.417 e. The Kier molecular flexibility index (Phi) is 5.91. The Morgan fingerprint density at radius 2 is 1.90 bits per heavy atom. The van der Waals surface area contributed by atoms with E-state index in [1.807, 2.05) is 30.3 Å². The lowest BCUT2D eigenvalue weighted by Crippen LogP contribution is -2.41. The van der Waals surface area contributed by atoms with E-state index in [4.69, 9.17) is 4.43 Å². The second kappa shape index (κ2) is 8.08. The molecule has 1 aromatic carbocycles. The van der Waals surface area contributed by atoms with Gasteiger partial charge in [0.25, 0.3) is 0 Å². The number of fused-ring (bicyclic) bond motifs is 1. The maximum Gasteiger partial charge on any atom is 0.316 e. The van der Waals surface area contributed by atoms with Crippen LogP contribution < -0.4 is 11.1 Å². The van der Waals surface area contributed by atoms with E-state index in [-0.39, 0.29) is 5.04 Å². The molecule has 1 N–H and O–H groups in total. The number of aromatic nitrogens is 3. The summed E-state index contributed by atoms with van der Waals surface area (Å²) in [6, 6.07) is 9.53. The first-order valence-electron chi connectivity index (χ1n) is 9.91. The van der Waals surface area contributed by atoms with Crippen molar-refractivity contribution in [2.75, 3.05) is 6.61 Å². The van der Waals surface area contributed by atoms with Gasteiger partial charge >= 0.3 is 11.1 Å². The van der Waals surface area contributed by atoms with E-state index in [9.17, 15) is 9.59 Å². The fraction of sp³-hybridized carbons (Fsp3) is 0.409. The number of pyridine rings is 1. The van der Waals surface area contributed by atoms with Crippen LogP contribution in [0.2, 0.25) is 18.1 Å². The Morgan fingerprint density at radius 1 is 1.14 bits per heavy atom. The zero-order chi connectivity index (χ0) is 21.2. The molecule has 154 valence electrons. The van der Waals surface area contributed by atoms with Crippen molar-refractivity contribution in [1.29, 1.82) is 0 Å². The van der Waals surface area contributed by atoms with Gasteiger partial charge in [-0.25, -0.2) is 0 Å². The molecular formula is C22H29N3O3Si. The van der Waals surface area contributed by atoms with Gasteiger partial charge in [-0.3, -0.25) is 14.6 Å². The van der Waals surface area contributed by atoms with Crippen molar-refractivity contribution in [3.63, 3.8) is 0 Å². The third kappa shape index (κ3) is 4.57. The van der Waals surface area contributed by atoms with Crippen LogP contribution in [0.4, 0.5) is 0 Å². The van der Waals surface area contributed by atoms with Gasteiger partial charge in [0.1, 0.15) is 0 Å². The van der Waals surface area contributed by atoms with Crippen LogP contribution in [0.1, 0.15) is 27.2 Å². The molecule has 2 heterocycles. The SMILES string of the molecule is CC(C)(C)[Si](C)(C)OCCCn1c(=O)c(=O)[nH]c2cc(-c3cccnc3)ccc21. The summed E-state index contributed by atoms with van der Waals surface area (Å²) in [7, 11) is -1.83. The molecule has 3 rings (SSSR count). The van der Waals surface area contributed by atoms with Crippen molar-refractivity contribution in [3.05, 3.63) is 63.4 Å². The van der Waals surface area contributed by atoms with Crippen LogP contribution in [0, 0.1) is 0 Å². The Balaban J connectivity index is 1.85. The third-order valence-electron chi connectivity index (χ3n) is 5.76. The molecule has 0 aliphatic carbocycles. The third-order valence-corrected chi connectivity index (χ3v) is 10.3. The lowest BCUT2D eigenvalue weighted by molar-refractivity contribution is 0.275. The van der Waals surface area contributed by atoms with Gasteiger partial charge in [0.2, 0.25) is 0 Å². The summed E-state index contributed by atoms with van der Waals surface area (Å²) in [5, 5.41) is 0.142. The minimum atomic E-state index is -1.83. The second-order valence-corrected chi connectivity index (χ2v) is 13.7. The van der Waals surface area contributed by atoms with E-state index in [1.165, 1.54) is 0 Å². The number of rotatable bonds is 6. The van der Waals surface area contributed by atoms with Crippen molar-refractivity contribution >= 4 is 19.4 Å². The topological polar surface area (TPSA) is 77.0 Å². The number of aromatic amines is 1. The lowest BCUT2D eigenvalue weighted by Gasteiger charge is -2.36. The standard InChI is InChI=1S/C22H29N3O3Si/c1-22(2,3)29(4,5)28-13-7-12-25-19-10-9-16(17-8-6-11-23-15-17)14-18(19)24-20(26)21(25)27/h6,8-11,14-15H,7,12-13H2,1-5H3,(H,24,26). The zero-order valence-corrected chi connectivity index (χ0v) is 18.8. The van der Waals surface area contributed by atoms with Gasteiger partial charge in [0.05, 0.1) is 11.0 Å². The number of H-pyrrole nitrogens is 1. The van der Waals surface area contributed by atoms with Crippen LogP contribution in [0.3, 0.4) is 0 Å². The average Bonchev–Trinajstić information content (AvgIpc) is 2.67. The van der Waals surface area contributed by atoms with Crippen molar-refractivity contribution in [2.45, 2.75) is 51.9 Å². The van der Waals surface area contributed by atoms with Crippen LogP contribution in [0.5, 0.6) is 0 Å². The number of aryl methyl sites for hydroxylation is 1. The zero-order valence-electron chi connectivity index (χ0n) is 17.8. The molecular weight excluding hydrogens is 382 g/mol. The maximum absolute atomic E-state index is 12.5. The van der Waals surface area contributed by atoms with Gasteiger partial charge in [-0.1, -0.05) is 32.9 Å². The molecule has 0 aliphatic heterocycles. The molecule has 0 amide bonds. The number of benzene rings is 1. The highest BCUT2D eigenvalue weighted by Gasteiger charge is 2.36. The van der Waals surface area contributed by atoms with Gasteiger partial charge in [-0.15, -0.1) is 0 Å². The number of hydrogen-bond acceptors (Lipinski definition) is 4. The minimum absolute atomic E-state index is 0.142. The monoisotopic (exact) mass is 411 g/mol. The first-order valence-corrected chi connectivity index (χ1v) is 12.8. The normalized spacial score (nSPS) is 12.4. The molecule has 3 aromatic rings. The van der Waals surface area contributed by atoms with E-state index < -0.39 is 19.4 Å². The molecule has 0 fully saturated rings. The average molecular weight is 412 g/mol. The summed E-state index contributed by atoms with van der Waals surface area (Å²) >= 11 is 0. The Bertz CT molecular complexity index is 1110. The molecule has 0 spiro atoms. The smallest absolute Gasteiger partial charge is 0.316 e. The number of nitrogens with zero attached hydrogens (tertiary/aromatic N) is 2. The van der Waals surface area contributed by atoms with Crippen molar-refractivity contribution < 1.29 is 4.43 Å². The molecule has 0 saturated heterocycles. The van der Waals surface area contributed by atoms with Crippen molar-refractivity contribution in [1.82, 2.24) is 14.5 Å². The predicted octanol–water partition coefficient (Wildman–Crippen LogP) is 4.16. The van der Waals surface area contributed by atoms with Crippen LogP contribution in [-0.2, 0) is 11.0 Å². The number of hydrogen-bond donors (Lipinski definition) is 1. The lowest BCUT2D eigenvalue weighted by atomic mass is 10.1. The van der Waals surface area contributed by atoms with E-state index in [1.54, 1.807) is 17.0 Å². The van der Waals surface area contributed by atoms with Gasteiger partial charge < -0.3 is 14.0 Å². The Morgan fingerprint density at radius 3 is 2.55 bits per heavy atom. The van der Waals surface area contributed by atoms with Crippen LogP contribution >= 0.6 is 0 Å². The summed E-state index contributed by atoms with van der Waals surface area (Å²) in [4.78, 5) is 31.5. The van der Waals surface area contributed by atoms with E-state index in [2.05, 4.69) is 43.8 Å². The summed E-state index contributed by atoms with van der Waals surface area (Å²) in [6.07, 6.45) is 4.17. The quantitative estimate of drug-likeness (QED) is 0.375. The molecule has 29 heavy (non-hydrogen) atoms. The van der Waals surface area contributed by atoms with Crippen LogP contribution in [0.25, 0.3) is 22.2 Å². The van der Waals surface area contributed by atoms with Gasteiger partial charge in [0, 0.05) is 31.1 Å². The Hall–Kier alpha value is -2.51. The second-order valence-electron chi connectivity index (χ2n) is 8.85. The molecule has 0 unspecified atom stereocenters. The fourth-order valence-corrected chi connectivity index (χ4v) is 4.07. The molecule has 0 radical (unpaired) electrons. The molecule has 7 heteroatoms.